The Balaban J connectivity index is 1.98. The van der Waals surface area contributed by atoms with Crippen molar-refractivity contribution in [2.45, 2.75) is 51.6 Å². The van der Waals surface area contributed by atoms with Gasteiger partial charge in [0.05, 0.1) is 0 Å². The minimum absolute atomic E-state index is 0.377. The molecular weight excluding hydrogens is 210 g/mol. The van der Waals surface area contributed by atoms with E-state index in [2.05, 4.69) is 17.9 Å². The molecule has 17 heavy (non-hydrogen) atoms. The van der Waals surface area contributed by atoms with Crippen molar-refractivity contribution in [2.24, 2.45) is 0 Å². The van der Waals surface area contributed by atoms with Gasteiger partial charge in [-0.2, -0.15) is 0 Å². The Bertz CT molecular complexity index is 345. The number of nitrogens with zero attached hydrogens (tertiary/aromatic N) is 1. The van der Waals surface area contributed by atoms with Crippen molar-refractivity contribution in [2.75, 3.05) is 6.54 Å². The number of aromatic hydroxyl groups is 1. The van der Waals surface area contributed by atoms with Crippen LogP contribution in [0, 0.1) is 0 Å². The summed E-state index contributed by atoms with van der Waals surface area (Å²) in [5, 5.41) is 9.49. The summed E-state index contributed by atoms with van der Waals surface area (Å²) in [5.41, 5.74) is 1.22. The van der Waals surface area contributed by atoms with Crippen LogP contribution < -0.4 is 0 Å². The van der Waals surface area contributed by atoms with Crippen LogP contribution in [0.5, 0.6) is 5.75 Å². The van der Waals surface area contributed by atoms with E-state index in [0.717, 1.165) is 19.1 Å². The molecule has 94 valence electrons. The predicted octanol–water partition coefficient (Wildman–Crippen LogP) is 3.55. The van der Waals surface area contributed by atoms with E-state index in [4.69, 9.17) is 0 Å². The molecule has 2 heteroatoms. The Labute approximate surface area is 104 Å². The Morgan fingerprint density at radius 2 is 2.00 bits per heavy atom. The molecule has 2 nitrogen and oxygen atoms in total. The smallest absolute Gasteiger partial charge is 0.115 e. The van der Waals surface area contributed by atoms with Gasteiger partial charge in [0.1, 0.15) is 5.75 Å². The van der Waals surface area contributed by atoms with Crippen LogP contribution in [0.1, 0.15) is 44.6 Å². The number of benzene rings is 1. The Hall–Kier alpha value is -1.02. The van der Waals surface area contributed by atoms with E-state index in [0.29, 0.717) is 5.75 Å². The van der Waals surface area contributed by atoms with Gasteiger partial charge in [-0.15, -0.1) is 0 Å². The summed E-state index contributed by atoms with van der Waals surface area (Å²) in [6.07, 6.45) is 6.84. The summed E-state index contributed by atoms with van der Waals surface area (Å²) in [6.45, 7) is 4.30. The van der Waals surface area contributed by atoms with Gasteiger partial charge in [0.15, 0.2) is 0 Å². The van der Waals surface area contributed by atoms with Crippen LogP contribution in [0.4, 0.5) is 0 Å². The van der Waals surface area contributed by atoms with Gasteiger partial charge >= 0.3 is 0 Å². The molecule has 1 aliphatic rings. The summed E-state index contributed by atoms with van der Waals surface area (Å²) in [4.78, 5) is 2.55. The zero-order valence-corrected chi connectivity index (χ0v) is 10.7. The largest absolute Gasteiger partial charge is 0.508 e. The van der Waals surface area contributed by atoms with E-state index in [1.54, 1.807) is 6.07 Å². The van der Waals surface area contributed by atoms with Crippen molar-refractivity contribution >= 4 is 0 Å². The standard InChI is InChI=1S/C15H23NO/c1-2-16(14-8-4-3-5-9-14)12-13-7-6-10-15(17)11-13/h6-7,10-11,14,17H,2-5,8-9,12H2,1H3. The van der Waals surface area contributed by atoms with Gasteiger partial charge in [-0.25, -0.2) is 0 Å². The van der Waals surface area contributed by atoms with Gasteiger partial charge in [0.2, 0.25) is 0 Å². The molecule has 0 aromatic heterocycles. The van der Waals surface area contributed by atoms with Gasteiger partial charge in [0, 0.05) is 12.6 Å². The van der Waals surface area contributed by atoms with Crippen LogP contribution in [0.25, 0.3) is 0 Å². The second kappa shape index (κ2) is 6.06. The van der Waals surface area contributed by atoms with Gasteiger partial charge in [-0.1, -0.05) is 38.3 Å². The first-order valence-corrected chi connectivity index (χ1v) is 6.81. The van der Waals surface area contributed by atoms with Crippen molar-refractivity contribution in [3.05, 3.63) is 29.8 Å². The lowest BCUT2D eigenvalue weighted by Crippen LogP contribution is -2.36. The van der Waals surface area contributed by atoms with Crippen molar-refractivity contribution in [1.82, 2.24) is 4.90 Å². The van der Waals surface area contributed by atoms with E-state index in [1.807, 2.05) is 12.1 Å². The molecule has 0 bridgehead atoms. The molecule has 1 fully saturated rings. The van der Waals surface area contributed by atoms with Crippen LogP contribution in [0.2, 0.25) is 0 Å². The van der Waals surface area contributed by atoms with Crippen molar-refractivity contribution in [3.63, 3.8) is 0 Å². The molecule has 0 aliphatic heterocycles. The first-order valence-electron chi connectivity index (χ1n) is 6.81. The lowest BCUT2D eigenvalue weighted by Gasteiger charge is -2.33. The molecule has 0 radical (unpaired) electrons. The van der Waals surface area contributed by atoms with Crippen LogP contribution >= 0.6 is 0 Å². The monoisotopic (exact) mass is 233 g/mol. The molecule has 1 N–H and O–H groups in total. The molecule has 1 aromatic rings. The third-order valence-electron chi connectivity index (χ3n) is 3.79. The van der Waals surface area contributed by atoms with E-state index in [1.165, 1.54) is 37.7 Å². The van der Waals surface area contributed by atoms with E-state index >= 15 is 0 Å². The van der Waals surface area contributed by atoms with E-state index < -0.39 is 0 Å². The molecular formula is C15H23NO. The summed E-state index contributed by atoms with van der Waals surface area (Å²) >= 11 is 0. The second-order valence-electron chi connectivity index (χ2n) is 5.02. The lowest BCUT2D eigenvalue weighted by molar-refractivity contribution is 0.156. The highest BCUT2D eigenvalue weighted by atomic mass is 16.3. The second-order valence-corrected chi connectivity index (χ2v) is 5.02. The number of hydrogen-bond donors (Lipinski definition) is 1. The number of hydrogen-bond acceptors (Lipinski definition) is 2. The van der Waals surface area contributed by atoms with Gasteiger partial charge in [-0.3, -0.25) is 4.90 Å². The highest BCUT2D eigenvalue weighted by Gasteiger charge is 2.19. The Morgan fingerprint density at radius 3 is 2.65 bits per heavy atom. The fraction of sp³-hybridized carbons (Fsp3) is 0.600. The van der Waals surface area contributed by atoms with Crippen molar-refractivity contribution < 1.29 is 5.11 Å². The predicted molar refractivity (Wildman–Crippen MR) is 71.1 cm³/mol. The van der Waals surface area contributed by atoms with Gasteiger partial charge < -0.3 is 5.11 Å². The summed E-state index contributed by atoms with van der Waals surface area (Å²) in [7, 11) is 0. The SMILES string of the molecule is CCN(Cc1cccc(O)c1)C1CCCCC1. The molecule has 1 aliphatic carbocycles. The van der Waals surface area contributed by atoms with Crippen molar-refractivity contribution in [3.8, 4) is 5.75 Å². The summed E-state index contributed by atoms with van der Waals surface area (Å²) in [6, 6.07) is 8.40. The Kier molecular flexibility index (Phi) is 4.43. The third kappa shape index (κ3) is 3.47. The molecule has 1 saturated carbocycles. The van der Waals surface area contributed by atoms with Crippen LogP contribution in [-0.4, -0.2) is 22.6 Å². The van der Waals surface area contributed by atoms with Crippen LogP contribution in [-0.2, 0) is 6.54 Å². The zero-order valence-electron chi connectivity index (χ0n) is 10.7. The third-order valence-corrected chi connectivity index (χ3v) is 3.79. The number of rotatable bonds is 4. The number of phenols is 1. The maximum atomic E-state index is 9.49. The van der Waals surface area contributed by atoms with Gasteiger partial charge in [0.25, 0.3) is 0 Å². The van der Waals surface area contributed by atoms with Crippen LogP contribution in [0.3, 0.4) is 0 Å². The number of phenolic OH excluding ortho intramolecular Hbond substituents is 1. The molecule has 1 aromatic carbocycles. The topological polar surface area (TPSA) is 23.5 Å². The lowest BCUT2D eigenvalue weighted by atomic mass is 9.94. The Morgan fingerprint density at radius 1 is 1.24 bits per heavy atom. The summed E-state index contributed by atoms with van der Waals surface area (Å²) < 4.78 is 0. The van der Waals surface area contributed by atoms with Crippen LogP contribution in [0.15, 0.2) is 24.3 Å². The molecule has 0 heterocycles. The first-order chi connectivity index (χ1) is 8.29. The zero-order chi connectivity index (χ0) is 12.1. The molecule has 2 rings (SSSR count). The highest BCUT2D eigenvalue weighted by Crippen LogP contribution is 2.24. The van der Waals surface area contributed by atoms with Gasteiger partial charge in [-0.05, 0) is 37.1 Å². The summed E-state index contributed by atoms with van der Waals surface area (Å²) in [5.74, 6) is 0.377. The quantitative estimate of drug-likeness (QED) is 0.859. The molecule has 0 saturated heterocycles. The first kappa shape index (κ1) is 12.4. The maximum Gasteiger partial charge on any atom is 0.115 e. The maximum absolute atomic E-state index is 9.49. The highest BCUT2D eigenvalue weighted by molar-refractivity contribution is 5.27. The molecule has 0 amide bonds. The van der Waals surface area contributed by atoms with E-state index in [9.17, 15) is 5.11 Å². The normalized spacial score (nSPS) is 17.5. The molecule has 0 spiro atoms. The average molecular weight is 233 g/mol. The van der Waals surface area contributed by atoms with E-state index in [-0.39, 0.29) is 0 Å². The fourth-order valence-electron chi connectivity index (χ4n) is 2.83. The molecule has 0 unspecified atom stereocenters. The average Bonchev–Trinajstić information content (AvgIpc) is 2.37. The fourth-order valence-corrected chi connectivity index (χ4v) is 2.83. The van der Waals surface area contributed by atoms with Crippen molar-refractivity contribution in [1.29, 1.82) is 0 Å². The minimum atomic E-state index is 0.377. The molecule has 0 atom stereocenters. The minimum Gasteiger partial charge on any atom is -0.508 e.